The summed E-state index contributed by atoms with van der Waals surface area (Å²) in [6.07, 6.45) is 7.35. The molecular weight excluding hydrogens is 282 g/mol. The van der Waals surface area contributed by atoms with E-state index in [2.05, 4.69) is 20.3 Å². The van der Waals surface area contributed by atoms with Crippen LogP contribution in [0.15, 0.2) is 49.2 Å². The van der Waals surface area contributed by atoms with Gasteiger partial charge in [0.25, 0.3) is 0 Å². The molecule has 7 nitrogen and oxygen atoms in total. The number of hydrogen-bond acceptors (Lipinski definition) is 5. The number of nitrogens with one attached hydrogen (secondary N) is 1. The molecule has 0 bridgehead atoms. The summed E-state index contributed by atoms with van der Waals surface area (Å²) >= 11 is 0. The van der Waals surface area contributed by atoms with Gasteiger partial charge in [0.1, 0.15) is 29.5 Å². The number of ether oxygens (including phenoxy) is 1. The Balaban J connectivity index is 1.79. The fourth-order valence-electron chi connectivity index (χ4n) is 1.87. The molecule has 3 aromatic rings. The molecule has 0 spiro atoms. The Kier molecular flexibility index (Phi) is 3.78. The molecule has 0 aliphatic carbocycles. The Hall–Kier alpha value is -3.22. The Labute approximate surface area is 126 Å². The molecule has 0 saturated carbocycles. The highest BCUT2D eigenvalue weighted by atomic mass is 16.5. The van der Waals surface area contributed by atoms with Crippen LogP contribution < -0.4 is 10.1 Å². The topological polar surface area (TPSA) is 81.9 Å². The standard InChI is InChI=1S/C15H13N5O2/c1-11-8-20(9-18-11)15-6-12(4-5-16-15)22-13-2-3-14(17-7-13)19-10-21/h2-10H,1H3,(H,17,19,21). The zero-order valence-electron chi connectivity index (χ0n) is 11.8. The van der Waals surface area contributed by atoms with E-state index in [1.165, 1.54) is 6.20 Å². The maximum Gasteiger partial charge on any atom is 0.212 e. The third kappa shape index (κ3) is 3.09. The summed E-state index contributed by atoms with van der Waals surface area (Å²) in [5.41, 5.74) is 0.913. The predicted octanol–water partition coefficient (Wildman–Crippen LogP) is 2.33. The summed E-state index contributed by atoms with van der Waals surface area (Å²) in [7, 11) is 0. The van der Waals surface area contributed by atoms with E-state index in [-0.39, 0.29) is 0 Å². The monoisotopic (exact) mass is 295 g/mol. The lowest BCUT2D eigenvalue weighted by Crippen LogP contribution is -1.97. The minimum atomic E-state index is 0.464. The van der Waals surface area contributed by atoms with E-state index < -0.39 is 0 Å². The van der Waals surface area contributed by atoms with Gasteiger partial charge in [-0.05, 0) is 25.1 Å². The first-order chi connectivity index (χ1) is 10.7. The van der Waals surface area contributed by atoms with Gasteiger partial charge in [-0.25, -0.2) is 15.0 Å². The minimum absolute atomic E-state index is 0.464. The van der Waals surface area contributed by atoms with Crippen molar-refractivity contribution in [3.63, 3.8) is 0 Å². The minimum Gasteiger partial charge on any atom is -0.456 e. The van der Waals surface area contributed by atoms with Crippen LogP contribution in [0.5, 0.6) is 11.5 Å². The van der Waals surface area contributed by atoms with Crippen LogP contribution in [0.1, 0.15) is 5.69 Å². The summed E-state index contributed by atoms with van der Waals surface area (Å²) in [5.74, 6) is 2.38. The van der Waals surface area contributed by atoms with Crippen LogP contribution in [0.4, 0.5) is 5.82 Å². The normalized spacial score (nSPS) is 10.2. The number of aromatic nitrogens is 4. The van der Waals surface area contributed by atoms with Crippen LogP contribution in [0.25, 0.3) is 5.82 Å². The number of imidazole rings is 1. The van der Waals surface area contributed by atoms with Crippen molar-refractivity contribution in [2.75, 3.05) is 5.32 Å². The summed E-state index contributed by atoms with van der Waals surface area (Å²) in [6.45, 7) is 1.91. The molecule has 0 unspecified atom stereocenters. The van der Waals surface area contributed by atoms with E-state index >= 15 is 0 Å². The third-order valence-corrected chi connectivity index (χ3v) is 2.87. The van der Waals surface area contributed by atoms with Crippen molar-refractivity contribution in [2.24, 2.45) is 0 Å². The number of aryl methyl sites for hydroxylation is 1. The molecule has 0 fully saturated rings. The molecule has 0 aliphatic rings. The Morgan fingerprint density at radius 2 is 2.09 bits per heavy atom. The smallest absolute Gasteiger partial charge is 0.212 e. The van der Waals surface area contributed by atoms with Gasteiger partial charge in [-0.1, -0.05) is 0 Å². The van der Waals surface area contributed by atoms with Gasteiger partial charge in [0.15, 0.2) is 0 Å². The van der Waals surface area contributed by atoms with Crippen LogP contribution in [-0.2, 0) is 4.79 Å². The zero-order chi connectivity index (χ0) is 15.4. The second kappa shape index (κ2) is 6.04. The van der Waals surface area contributed by atoms with Gasteiger partial charge in [-0.3, -0.25) is 9.36 Å². The van der Waals surface area contributed by atoms with Crippen LogP contribution in [0.2, 0.25) is 0 Å². The van der Waals surface area contributed by atoms with E-state index in [0.29, 0.717) is 29.5 Å². The van der Waals surface area contributed by atoms with Crippen molar-refractivity contribution in [1.29, 1.82) is 0 Å². The van der Waals surface area contributed by atoms with Gasteiger partial charge in [0.2, 0.25) is 6.41 Å². The molecular formula is C15H13N5O2. The van der Waals surface area contributed by atoms with Gasteiger partial charge >= 0.3 is 0 Å². The molecule has 7 heteroatoms. The molecule has 3 heterocycles. The summed E-state index contributed by atoms with van der Waals surface area (Å²) in [5, 5.41) is 2.46. The molecule has 110 valence electrons. The van der Waals surface area contributed by atoms with Crippen LogP contribution in [0.3, 0.4) is 0 Å². The zero-order valence-corrected chi connectivity index (χ0v) is 11.8. The quantitative estimate of drug-likeness (QED) is 0.730. The number of carbonyl (C=O) groups is 1. The Morgan fingerprint density at radius 1 is 1.18 bits per heavy atom. The number of hydrogen-bond donors (Lipinski definition) is 1. The first kappa shape index (κ1) is 13.7. The van der Waals surface area contributed by atoms with Crippen LogP contribution in [-0.4, -0.2) is 25.9 Å². The fourth-order valence-corrected chi connectivity index (χ4v) is 1.87. The number of amides is 1. The Morgan fingerprint density at radius 3 is 2.77 bits per heavy atom. The number of anilines is 1. The van der Waals surface area contributed by atoms with Crippen molar-refractivity contribution in [2.45, 2.75) is 6.92 Å². The average Bonchev–Trinajstić information content (AvgIpc) is 2.97. The highest BCUT2D eigenvalue weighted by Crippen LogP contribution is 2.22. The van der Waals surface area contributed by atoms with Gasteiger partial charge in [-0.2, -0.15) is 0 Å². The van der Waals surface area contributed by atoms with Crippen molar-refractivity contribution in [3.8, 4) is 17.3 Å². The maximum absolute atomic E-state index is 10.3. The van der Waals surface area contributed by atoms with E-state index in [9.17, 15) is 4.79 Å². The predicted molar refractivity (Wildman–Crippen MR) is 80.1 cm³/mol. The summed E-state index contributed by atoms with van der Waals surface area (Å²) in [4.78, 5) is 22.8. The van der Waals surface area contributed by atoms with Gasteiger partial charge < -0.3 is 10.1 Å². The summed E-state index contributed by atoms with van der Waals surface area (Å²) < 4.78 is 7.55. The lowest BCUT2D eigenvalue weighted by Gasteiger charge is -2.07. The maximum atomic E-state index is 10.3. The van der Waals surface area contributed by atoms with Gasteiger partial charge in [0, 0.05) is 18.5 Å². The molecule has 1 amide bonds. The first-order valence-electron chi connectivity index (χ1n) is 6.56. The molecule has 3 aromatic heterocycles. The van der Waals surface area contributed by atoms with E-state index in [0.717, 1.165) is 5.69 Å². The van der Waals surface area contributed by atoms with Crippen molar-refractivity contribution in [3.05, 3.63) is 54.9 Å². The highest BCUT2D eigenvalue weighted by molar-refractivity contribution is 5.68. The molecule has 0 saturated heterocycles. The largest absolute Gasteiger partial charge is 0.456 e. The third-order valence-electron chi connectivity index (χ3n) is 2.87. The average molecular weight is 295 g/mol. The number of pyridine rings is 2. The first-order valence-corrected chi connectivity index (χ1v) is 6.56. The van der Waals surface area contributed by atoms with Crippen LogP contribution in [0, 0.1) is 6.92 Å². The van der Waals surface area contributed by atoms with E-state index in [1.807, 2.05) is 17.7 Å². The Bertz CT molecular complexity index is 783. The molecule has 0 aromatic carbocycles. The summed E-state index contributed by atoms with van der Waals surface area (Å²) in [6, 6.07) is 6.94. The van der Waals surface area contributed by atoms with Crippen LogP contribution >= 0.6 is 0 Å². The number of rotatable bonds is 5. The number of carbonyl (C=O) groups excluding carboxylic acids is 1. The highest BCUT2D eigenvalue weighted by Gasteiger charge is 2.03. The molecule has 0 atom stereocenters. The fraction of sp³-hybridized carbons (Fsp3) is 0.0667. The van der Waals surface area contributed by atoms with E-state index in [4.69, 9.17) is 4.74 Å². The lowest BCUT2D eigenvalue weighted by molar-refractivity contribution is -0.105. The van der Waals surface area contributed by atoms with Gasteiger partial charge in [-0.15, -0.1) is 0 Å². The second-order valence-corrected chi connectivity index (χ2v) is 4.52. The molecule has 22 heavy (non-hydrogen) atoms. The van der Waals surface area contributed by atoms with Gasteiger partial charge in [0.05, 0.1) is 11.9 Å². The van der Waals surface area contributed by atoms with Crippen molar-refractivity contribution in [1.82, 2.24) is 19.5 Å². The van der Waals surface area contributed by atoms with Crippen molar-refractivity contribution >= 4 is 12.2 Å². The van der Waals surface area contributed by atoms with E-state index in [1.54, 1.807) is 36.8 Å². The molecule has 3 rings (SSSR count). The lowest BCUT2D eigenvalue weighted by atomic mass is 10.4. The SMILES string of the molecule is Cc1cn(-c2cc(Oc3ccc(NC=O)nc3)ccn2)cn1. The molecule has 0 aliphatic heterocycles. The molecule has 0 radical (unpaired) electrons. The number of nitrogens with zero attached hydrogens (tertiary/aromatic N) is 4. The van der Waals surface area contributed by atoms with Crippen molar-refractivity contribution < 1.29 is 9.53 Å². The second-order valence-electron chi connectivity index (χ2n) is 4.52. The molecule has 1 N–H and O–H groups in total.